The topological polar surface area (TPSA) is 59.8 Å². The van der Waals surface area contributed by atoms with E-state index >= 15 is 0 Å². The highest BCUT2D eigenvalue weighted by Crippen LogP contribution is 2.36. The van der Waals surface area contributed by atoms with E-state index in [4.69, 9.17) is 23.2 Å². The fourth-order valence-electron chi connectivity index (χ4n) is 3.82. The van der Waals surface area contributed by atoms with E-state index in [1.165, 1.54) is 24.2 Å². The molecule has 9 heteroatoms. The van der Waals surface area contributed by atoms with Gasteiger partial charge in [-0.3, -0.25) is 9.36 Å². The van der Waals surface area contributed by atoms with Gasteiger partial charge in [0.15, 0.2) is 11.0 Å². The van der Waals surface area contributed by atoms with Gasteiger partial charge in [0.05, 0.1) is 11.3 Å². The largest absolute Gasteiger partial charge is 0.325 e. The van der Waals surface area contributed by atoms with Crippen molar-refractivity contribution in [2.24, 2.45) is 0 Å². The molecule has 0 saturated heterocycles. The maximum absolute atomic E-state index is 14.5. The summed E-state index contributed by atoms with van der Waals surface area (Å²) in [6.45, 7) is 0. The molecule has 0 spiro atoms. The van der Waals surface area contributed by atoms with Crippen molar-refractivity contribution in [3.63, 3.8) is 0 Å². The third-order valence-corrected chi connectivity index (χ3v) is 6.58. The van der Waals surface area contributed by atoms with Crippen molar-refractivity contribution in [1.29, 1.82) is 0 Å². The van der Waals surface area contributed by atoms with Crippen LogP contribution in [-0.4, -0.2) is 26.4 Å². The predicted molar refractivity (Wildman–Crippen MR) is 123 cm³/mol. The number of aromatic nitrogens is 3. The normalized spacial score (nSPS) is 14.5. The Kier molecular flexibility index (Phi) is 7.15. The summed E-state index contributed by atoms with van der Waals surface area (Å²) in [7, 11) is 0. The highest BCUT2D eigenvalue weighted by molar-refractivity contribution is 7.99. The van der Waals surface area contributed by atoms with E-state index in [9.17, 15) is 9.18 Å². The Bertz CT molecular complexity index is 1060. The molecule has 0 bridgehead atoms. The number of carbonyl (C=O) groups is 1. The molecule has 1 fully saturated rings. The molecule has 1 saturated carbocycles. The number of nitrogens with zero attached hydrogens (tertiary/aromatic N) is 3. The number of benzene rings is 2. The summed E-state index contributed by atoms with van der Waals surface area (Å²) >= 11 is 13.3. The molecule has 1 amide bonds. The smallest absolute Gasteiger partial charge is 0.234 e. The summed E-state index contributed by atoms with van der Waals surface area (Å²) in [5.74, 6) is 0.0919. The Hall–Kier alpha value is -2.09. The first kappa shape index (κ1) is 22.1. The number of nitrogens with one attached hydrogen (secondary N) is 1. The Morgan fingerprint density at radius 3 is 2.52 bits per heavy atom. The molecule has 0 unspecified atom stereocenters. The van der Waals surface area contributed by atoms with E-state index in [2.05, 4.69) is 15.5 Å². The average Bonchev–Trinajstić information content (AvgIpc) is 3.16. The van der Waals surface area contributed by atoms with Crippen LogP contribution in [0.4, 0.5) is 10.1 Å². The van der Waals surface area contributed by atoms with Gasteiger partial charge >= 0.3 is 0 Å². The van der Waals surface area contributed by atoms with E-state index < -0.39 is 0 Å². The minimum absolute atomic E-state index is 0.131. The van der Waals surface area contributed by atoms with Crippen molar-refractivity contribution in [3.05, 3.63) is 58.3 Å². The number of carbonyl (C=O) groups excluding carboxylic acids is 1. The van der Waals surface area contributed by atoms with Crippen LogP contribution in [0.15, 0.2) is 47.6 Å². The predicted octanol–water partition coefficient (Wildman–Crippen LogP) is 6.63. The fraction of sp³-hybridized carbons (Fsp3) is 0.318. The highest BCUT2D eigenvalue weighted by Gasteiger charge is 2.25. The number of hydrogen-bond donors (Lipinski definition) is 1. The molecule has 2 aromatic carbocycles. The first-order chi connectivity index (χ1) is 15.0. The second-order valence-electron chi connectivity index (χ2n) is 7.44. The summed E-state index contributed by atoms with van der Waals surface area (Å²) < 4.78 is 16.5. The minimum Gasteiger partial charge on any atom is -0.325 e. The zero-order valence-corrected chi connectivity index (χ0v) is 19.0. The summed E-state index contributed by atoms with van der Waals surface area (Å²) in [5.41, 5.74) is 0.953. The first-order valence-corrected chi connectivity index (χ1v) is 11.8. The minimum atomic E-state index is -0.334. The molecule has 31 heavy (non-hydrogen) atoms. The maximum atomic E-state index is 14.5. The lowest BCUT2D eigenvalue weighted by atomic mass is 9.95. The average molecular weight is 479 g/mol. The summed E-state index contributed by atoms with van der Waals surface area (Å²) in [6, 6.07) is 11.6. The van der Waals surface area contributed by atoms with Gasteiger partial charge in [0, 0.05) is 21.8 Å². The molecule has 3 aromatic rings. The standard InChI is InChI=1S/C22H21Cl2FN4OS/c23-14-10-15(24)12-16(11-14)26-20(30)13-31-22-28-27-21(18-8-4-5-9-19(18)25)29(22)17-6-2-1-3-7-17/h4-5,8-12,17H,1-3,6-7,13H2,(H,26,30). The Balaban J connectivity index is 1.55. The van der Waals surface area contributed by atoms with Crippen LogP contribution in [0, 0.1) is 5.82 Å². The Labute approximate surface area is 194 Å². The van der Waals surface area contributed by atoms with Crippen LogP contribution in [-0.2, 0) is 4.79 Å². The van der Waals surface area contributed by atoms with Crippen LogP contribution in [0.1, 0.15) is 38.1 Å². The Morgan fingerprint density at radius 2 is 1.81 bits per heavy atom. The van der Waals surface area contributed by atoms with E-state index in [0.29, 0.717) is 32.3 Å². The molecular formula is C22H21Cl2FN4OS. The molecule has 1 aliphatic rings. The number of amides is 1. The molecule has 1 aliphatic carbocycles. The van der Waals surface area contributed by atoms with Gasteiger partial charge in [-0.1, -0.05) is 66.4 Å². The molecular weight excluding hydrogens is 458 g/mol. The highest BCUT2D eigenvalue weighted by atomic mass is 35.5. The molecule has 0 radical (unpaired) electrons. The number of hydrogen-bond acceptors (Lipinski definition) is 4. The lowest BCUT2D eigenvalue weighted by Crippen LogP contribution is -2.17. The molecule has 4 rings (SSSR count). The van der Waals surface area contributed by atoms with Crippen LogP contribution < -0.4 is 5.32 Å². The molecule has 1 heterocycles. The van der Waals surface area contributed by atoms with E-state index in [1.54, 1.807) is 36.4 Å². The first-order valence-electron chi connectivity index (χ1n) is 10.1. The number of thioether (sulfide) groups is 1. The van der Waals surface area contributed by atoms with Gasteiger partial charge in [-0.15, -0.1) is 10.2 Å². The molecule has 5 nitrogen and oxygen atoms in total. The molecule has 0 aliphatic heterocycles. The molecule has 1 N–H and O–H groups in total. The van der Waals surface area contributed by atoms with Crippen LogP contribution in [0.5, 0.6) is 0 Å². The zero-order valence-electron chi connectivity index (χ0n) is 16.7. The van der Waals surface area contributed by atoms with Gasteiger partial charge in [-0.2, -0.15) is 0 Å². The van der Waals surface area contributed by atoms with Crippen molar-refractivity contribution < 1.29 is 9.18 Å². The maximum Gasteiger partial charge on any atom is 0.234 e. The third-order valence-electron chi connectivity index (χ3n) is 5.20. The SMILES string of the molecule is O=C(CSc1nnc(-c2ccccc2F)n1C1CCCCC1)Nc1cc(Cl)cc(Cl)c1. The second-order valence-corrected chi connectivity index (χ2v) is 9.26. The summed E-state index contributed by atoms with van der Waals surface area (Å²) in [5, 5.41) is 12.9. The summed E-state index contributed by atoms with van der Waals surface area (Å²) in [4.78, 5) is 12.5. The van der Waals surface area contributed by atoms with Gasteiger partial charge in [0.2, 0.25) is 5.91 Å². The lowest BCUT2D eigenvalue weighted by Gasteiger charge is -2.25. The van der Waals surface area contributed by atoms with Crippen LogP contribution in [0.2, 0.25) is 10.0 Å². The third kappa shape index (κ3) is 5.40. The second kappa shape index (κ2) is 10.0. The van der Waals surface area contributed by atoms with Crippen molar-refractivity contribution in [2.75, 3.05) is 11.1 Å². The monoisotopic (exact) mass is 478 g/mol. The van der Waals surface area contributed by atoms with E-state index in [1.807, 2.05) is 4.57 Å². The van der Waals surface area contributed by atoms with Crippen molar-refractivity contribution >= 4 is 46.6 Å². The molecule has 162 valence electrons. The van der Waals surface area contributed by atoms with Gasteiger partial charge < -0.3 is 5.32 Å². The lowest BCUT2D eigenvalue weighted by molar-refractivity contribution is -0.113. The van der Waals surface area contributed by atoms with Crippen molar-refractivity contribution in [3.8, 4) is 11.4 Å². The van der Waals surface area contributed by atoms with Crippen molar-refractivity contribution in [2.45, 2.75) is 43.3 Å². The van der Waals surface area contributed by atoms with Crippen LogP contribution >= 0.6 is 35.0 Å². The van der Waals surface area contributed by atoms with Crippen LogP contribution in [0.25, 0.3) is 11.4 Å². The van der Waals surface area contributed by atoms with Crippen molar-refractivity contribution in [1.82, 2.24) is 14.8 Å². The number of rotatable bonds is 6. The van der Waals surface area contributed by atoms with Crippen LogP contribution in [0.3, 0.4) is 0 Å². The summed E-state index contributed by atoms with van der Waals surface area (Å²) in [6.07, 6.45) is 5.39. The number of halogens is 3. The van der Waals surface area contributed by atoms with Gasteiger partial charge in [0.25, 0.3) is 0 Å². The zero-order chi connectivity index (χ0) is 21.8. The number of anilines is 1. The molecule has 0 atom stereocenters. The fourth-order valence-corrected chi connectivity index (χ4v) is 5.15. The van der Waals surface area contributed by atoms with Gasteiger partial charge in [-0.05, 0) is 43.2 Å². The van der Waals surface area contributed by atoms with Gasteiger partial charge in [-0.25, -0.2) is 4.39 Å². The van der Waals surface area contributed by atoms with E-state index in [0.717, 1.165) is 25.7 Å². The molecule has 1 aromatic heterocycles. The quantitative estimate of drug-likeness (QED) is 0.404. The van der Waals surface area contributed by atoms with Gasteiger partial charge in [0.1, 0.15) is 5.82 Å². The Morgan fingerprint density at radius 1 is 1.10 bits per heavy atom. The van der Waals surface area contributed by atoms with E-state index in [-0.39, 0.29) is 23.5 Å².